The Morgan fingerprint density at radius 2 is 1.53 bits per heavy atom. The maximum atomic E-state index is 13.1. The summed E-state index contributed by atoms with van der Waals surface area (Å²) in [4.78, 5) is 39.3. The SMILES string of the molecule is CCCNC(=O)Nc1c[n+](CC2=C(C(=O)[O-])N3C(=O)[C@@H](N)[C@H]3SC2)n(C)c1NC(c1ccccc1)(c1ccccc1)c1ccccc1. The van der Waals surface area contributed by atoms with Gasteiger partial charge in [0.15, 0.2) is 18.1 Å². The topological polar surface area (TPSA) is 148 Å². The minimum absolute atomic E-state index is 0.125. The molecule has 0 unspecified atom stereocenters. The van der Waals surface area contributed by atoms with Gasteiger partial charge in [-0.2, -0.15) is 0 Å². The summed E-state index contributed by atoms with van der Waals surface area (Å²) < 4.78 is 3.66. The molecule has 0 spiro atoms. The molecule has 1 saturated heterocycles. The number of aliphatic carboxylic acids is 1. The van der Waals surface area contributed by atoms with Crippen molar-refractivity contribution in [2.24, 2.45) is 12.8 Å². The fourth-order valence-corrected chi connectivity index (χ4v) is 7.52. The molecule has 3 aromatic carbocycles. The Morgan fingerprint density at radius 3 is 2.04 bits per heavy atom. The van der Waals surface area contributed by atoms with Crippen molar-refractivity contribution in [3.8, 4) is 0 Å². The molecule has 47 heavy (non-hydrogen) atoms. The van der Waals surface area contributed by atoms with E-state index in [0.717, 1.165) is 23.1 Å². The first-order valence-electron chi connectivity index (χ1n) is 15.5. The number of fused-ring (bicyclic) bond motifs is 1. The van der Waals surface area contributed by atoms with Gasteiger partial charge in [-0.1, -0.05) is 97.9 Å². The maximum absolute atomic E-state index is 13.1. The number of rotatable bonds is 11. The third-order valence-electron chi connectivity index (χ3n) is 8.59. The Hall–Kier alpha value is -5.07. The third kappa shape index (κ3) is 5.85. The van der Waals surface area contributed by atoms with Crippen LogP contribution in [0.4, 0.5) is 16.3 Å². The zero-order valence-corrected chi connectivity index (χ0v) is 27.0. The summed E-state index contributed by atoms with van der Waals surface area (Å²) in [5.74, 6) is -0.931. The second-order valence-corrected chi connectivity index (χ2v) is 12.6. The molecular formula is C35H37N7O4S. The van der Waals surface area contributed by atoms with Crippen molar-refractivity contribution >= 4 is 41.2 Å². The molecule has 1 aromatic heterocycles. The number of nitrogens with two attached hydrogens (primary N) is 1. The lowest BCUT2D eigenvalue weighted by Gasteiger charge is -2.49. The van der Waals surface area contributed by atoms with Gasteiger partial charge in [-0.25, -0.2) is 4.79 Å². The molecule has 1 fully saturated rings. The van der Waals surface area contributed by atoms with Crippen LogP contribution in [-0.4, -0.2) is 51.2 Å². The second kappa shape index (κ2) is 13.3. The number of carbonyl (C=O) groups is 3. The standard InChI is InChI=1S/C35H37N7O4S/c1-3-19-37-34(46)38-27-21-41(20-23-22-47-32-28(36)31(43)42(32)29(23)33(44)45)40(2)30(27)39-35(24-13-7-4-8-14-24,25-15-9-5-10-16-25)26-17-11-6-12-18-26/h4-18,21,28,32H,3,19-20,22,36H2,1-2H3,(H3,37,38,44,45,46)/t28-,32-/m1/s1. The van der Waals surface area contributed by atoms with E-state index in [1.807, 2.05) is 77.9 Å². The van der Waals surface area contributed by atoms with E-state index in [1.165, 1.54) is 16.7 Å². The van der Waals surface area contributed by atoms with Crippen LogP contribution >= 0.6 is 11.8 Å². The number of benzene rings is 3. The number of nitrogens with one attached hydrogen (secondary N) is 3. The van der Waals surface area contributed by atoms with Gasteiger partial charge < -0.3 is 26.3 Å². The Kier molecular flexibility index (Phi) is 9.06. The number of hydrogen-bond acceptors (Lipinski definition) is 7. The first-order valence-corrected chi connectivity index (χ1v) is 16.5. The normalized spacial score (nSPS) is 17.5. The predicted molar refractivity (Wildman–Crippen MR) is 179 cm³/mol. The van der Waals surface area contributed by atoms with Crippen LogP contribution in [0.2, 0.25) is 0 Å². The number of thioether (sulfide) groups is 1. The summed E-state index contributed by atoms with van der Waals surface area (Å²) in [5.41, 5.74) is 8.79. The zero-order valence-electron chi connectivity index (χ0n) is 26.2. The molecule has 3 amide bonds. The molecule has 11 nitrogen and oxygen atoms in total. The summed E-state index contributed by atoms with van der Waals surface area (Å²) in [5, 5.41) is 21.6. The summed E-state index contributed by atoms with van der Waals surface area (Å²) >= 11 is 1.42. The van der Waals surface area contributed by atoms with Crippen molar-refractivity contribution in [1.29, 1.82) is 0 Å². The van der Waals surface area contributed by atoms with Gasteiger partial charge in [0, 0.05) is 17.9 Å². The van der Waals surface area contributed by atoms with Gasteiger partial charge in [-0.15, -0.1) is 21.1 Å². The van der Waals surface area contributed by atoms with Crippen molar-refractivity contribution in [1.82, 2.24) is 14.9 Å². The fraction of sp³-hybridized carbons (Fsp3) is 0.257. The second-order valence-electron chi connectivity index (χ2n) is 11.5. The molecule has 3 heterocycles. The average Bonchev–Trinajstić information content (AvgIpc) is 3.38. The molecular weight excluding hydrogens is 614 g/mol. The molecule has 0 bridgehead atoms. The Bertz CT molecular complexity index is 1710. The van der Waals surface area contributed by atoms with E-state index in [9.17, 15) is 19.5 Å². The number of carbonyl (C=O) groups excluding carboxylic acids is 3. The quantitative estimate of drug-likeness (QED) is 0.111. The molecule has 0 radical (unpaired) electrons. The van der Waals surface area contributed by atoms with Crippen LogP contribution in [0.1, 0.15) is 30.0 Å². The number of nitrogens with zero attached hydrogens (tertiary/aromatic N) is 3. The predicted octanol–water partition coefficient (Wildman–Crippen LogP) is 2.49. The van der Waals surface area contributed by atoms with Crippen LogP contribution < -0.4 is 31.5 Å². The molecule has 12 heteroatoms. The number of hydrogen-bond donors (Lipinski definition) is 4. The molecule has 2 atom stereocenters. The molecule has 0 aliphatic carbocycles. The highest BCUT2D eigenvalue weighted by Gasteiger charge is 2.51. The van der Waals surface area contributed by atoms with E-state index in [1.54, 1.807) is 6.20 Å². The minimum atomic E-state index is -1.42. The number of anilines is 2. The summed E-state index contributed by atoms with van der Waals surface area (Å²) in [6.07, 6.45) is 2.53. The van der Waals surface area contributed by atoms with Crippen molar-refractivity contribution in [3.05, 3.63) is 125 Å². The molecule has 2 aliphatic heterocycles. The maximum Gasteiger partial charge on any atom is 0.319 e. The summed E-state index contributed by atoms with van der Waals surface area (Å²) in [6, 6.07) is 29.1. The molecule has 4 aromatic rings. The highest BCUT2D eigenvalue weighted by Crippen LogP contribution is 2.42. The molecule has 5 N–H and O–H groups in total. The van der Waals surface area contributed by atoms with E-state index >= 15 is 0 Å². The highest BCUT2D eigenvalue weighted by atomic mass is 32.2. The zero-order chi connectivity index (χ0) is 33.1. The number of amides is 3. The van der Waals surface area contributed by atoms with E-state index in [0.29, 0.717) is 29.4 Å². The Morgan fingerprint density at radius 1 is 0.979 bits per heavy atom. The fourth-order valence-electron chi connectivity index (χ4n) is 6.24. The van der Waals surface area contributed by atoms with Crippen molar-refractivity contribution < 1.29 is 24.2 Å². The lowest BCUT2D eigenvalue weighted by Crippen LogP contribution is -2.69. The minimum Gasteiger partial charge on any atom is -0.543 e. The molecule has 242 valence electrons. The van der Waals surface area contributed by atoms with Gasteiger partial charge in [0.05, 0.1) is 18.7 Å². The lowest BCUT2D eigenvalue weighted by molar-refractivity contribution is -0.765. The van der Waals surface area contributed by atoms with Crippen LogP contribution in [-0.2, 0) is 28.7 Å². The van der Waals surface area contributed by atoms with Crippen LogP contribution in [0.15, 0.2) is 108 Å². The molecule has 6 rings (SSSR count). The van der Waals surface area contributed by atoms with Crippen molar-refractivity contribution in [2.75, 3.05) is 22.9 Å². The lowest BCUT2D eigenvalue weighted by atomic mass is 9.77. The van der Waals surface area contributed by atoms with E-state index in [4.69, 9.17) is 5.73 Å². The monoisotopic (exact) mass is 651 g/mol. The van der Waals surface area contributed by atoms with E-state index in [-0.39, 0.29) is 18.3 Å². The number of carboxylic acid groups (broad SMARTS) is 1. The van der Waals surface area contributed by atoms with E-state index < -0.39 is 28.8 Å². The van der Waals surface area contributed by atoms with Crippen LogP contribution in [0, 0.1) is 0 Å². The third-order valence-corrected chi connectivity index (χ3v) is 9.95. The number of carboxylic acids is 1. The number of β-lactam (4-membered cyclic amide) rings is 1. The summed E-state index contributed by atoms with van der Waals surface area (Å²) in [7, 11) is 1.84. The average molecular weight is 652 g/mol. The molecule has 0 saturated carbocycles. The van der Waals surface area contributed by atoms with E-state index in [2.05, 4.69) is 52.3 Å². The van der Waals surface area contributed by atoms with Gasteiger partial charge in [0.1, 0.15) is 17.0 Å². The van der Waals surface area contributed by atoms with Crippen molar-refractivity contribution in [2.45, 2.75) is 36.8 Å². The van der Waals surface area contributed by atoms with Gasteiger partial charge in [-0.3, -0.25) is 15.0 Å². The van der Waals surface area contributed by atoms with Crippen LogP contribution in [0.5, 0.6) is 0 Å². The van der Waals surface area contributed by atoms with Gasteiger partial charge in [-0.05, 0) is 23.1 Å². The Balaban J connectivity index is 1.51. The first-order chi connectivity index (χ1) is 22.8. The molecule has 2 aliphatic rings. The first kappa shape index (κ1) is 31.9. The van der Waals surface area contributed by atoms with Crippen LogP contribution in [0.25, 0.3) is 0 Å². The van der Waals surface area contributed by atoms with Gasteiger partial charge >= 0.3 is 6.03 Å². The number of aromatic nitrogens is 2. The van der Waals surface area contributed by atoms with Gasteiger partial charge in [0.25, 0.3) is 0 Å². The largest absolute Gasteiger partial charge is 0.543 e. The Labute approximate surface area is 277 Å². The van der Waals surface area contributed by atoms with Gasteiger partial charge in [0.2, 0.25) is 12.1 Å². The van der Waals surface area contributed by atoms with Crippen LogP contribution in [0.3, 0.4) is 0 Å². The highest BCUT2D eigenvalue weighted by molar-refractivity contribution is 8.00. The summed E-state index contributed by atoms with van der Waals surface area (Å²) in [6.45, 7) is 2.60. The number of urea groups is 1. The smallest absolute Gasteiger partial charge is 0.319 e. The van der Waals surface area contributed by atoms with Crippen molar-refractivity contribution in [3.63, 3.8) is 0 Å².